The van der Waals surface area contributed by atoms with Crippen molar-refractivity contribution in [3.8, 4) is 0 Å². The zero-order chi connectivity index (χ0) is 23.4. The van der Waals surface area contributed by atoms with Gasteiger partial charge in [-0.2, -0.15) is 0 Å². The monoisotopic (exact) mass is 472 g/mol. The van der Waals surface area contributed by atoms with E-state index < -0.39 is 0 Å². The van der Waals surface area contributed by atoms with Crippen molar-refractivity contribution in [3.63, 3.8) is 0 Å². The van der Waals surface area contributed by atoms with Gasteiger partial charge in [0.05, 0.1) is 16.8 Å². The number of likely N-dealkylation sites (tertiary alicyclic amines) is 1. The van der Waals surface area contributed by atoms with Crippen molar-refractivity contribution in [1.29, 1.82) is 0 Å². The number of amides is 2. The second-order valence-corrected chi connectivity index (χ2v) is 9.87. The molecule has 33 heavy (non-hydrogen) atoms. The van der Waals surface area contributed by atoms with Crippen LogP contribution in [-0.2, 0) is 4.79 Å². The summed E-state index contributed by atoms with van der Waals surface area (Å²) in [6, 6.07) is 8.23. The summed E-state index contributed by atoms with van der Waals surface area (Å²) in [7, 11) is 0. The molecule has 0 spiro atoms. The number of hydrogen-bond donors (Lipinski definition) is 1. The highest BCUT2D eigenvalue weighted by Crippen LogP contribution is 2.29. The predicted octanol–water partition coefficient (Wildman–Crippen LogP) is 3.76. The maximum absolute atomic E-state index is 14.2. The Bertz CT molecular complexity index is 959. The van der Waals surface area contributed by atoms with Crippen LogP contribution in [0.1, 0.15) is 48.0 Å². The first-order valence-corrected chi connectivity index (χ1v) is 12.7. The summed E-state index contributed by atoms with van der Waals surface area (Å²) in [5.41, 5.74) is 1.79. The Morgan fingerprint density at radius 3 is 2.67 bits per heavy atom. The molecular formula is C25H33FN4O2S. The van der Waals surface area contributed by atoms with Crippen molar-refractivity contribution in [2.24, 2.45) is 5.92 Å². The molecule has 0 saturated carbocycles. The van der Waals surface area contributed by atoms with Gasteiger partial charge < -0.3 is 20.0 Å². The maximum Gasteiger partial charge on any atom is 0.263 e. The van der Waals surface area contributed by atoms with Crippen LogP contribution in [0.4, 0.5) is 10.1 Å². The van der Waals surface area contributed by atoms with Crippen LogP contribution in [0, 0.1) is 11.7 Å². The van der Waals surface area contributed by atoms with Crippen LogP contribution in [0.25, 0.3) is 0 Å². The molecule has 0 bridgehead atoms. The Kier molecular flexibility index (Phi) is 7.65. The van der Waals surface area contributed by atoms with Crippen molar-refractivity contribution in [2.75, 3.05) is 50.7 Å². The summed E-state index contributed by atoms with van der Waals surface area (Å²) >= 11 is 1.43. The fraction of sp³-hybridized carbons (Fsp3) is 0.520. The van der Waals surface area contributed by atoms with Crippen LogP contribution in [0.2, 0.25) is 0 Å². The van der Waals surface area contributed by atoms with Gasteiger partial charge in [0.1, 0.15) is 5.82 Å². The number of rotatable bonds is 6. The number of nitrogens with zero attached hydrogens (tertiary/aromatic N) is 3. The van der Waals surface area contributed by atoms with Gasteiger partial charge >= 0.3 is 0 Å². The Labute approximate surface area is 199 Å². The SMILES string of the molecule is CCN1CCN(c2ccc(F)cc2C(C)NC(=O)C2CCCN(C(=O)c3cccs3)C2)CC1. The standard InChI is InChI=1S/C25H33FN4O2S/c1-3-28-11-13-29(14-12-28)22-9-8-20(26)16-21(22)18(2)27-24(31)19-6-4-10-30(17-19)25(32)23-7-5-15-33-23/h5,7-9,15-16,18-19H,3-4,6,10-14,17H2,1-2H3,(H,27,31). The first-order valence-electron chi connectivity index (χ1n) is 11.9. The summed E-state index contributed by atoms with van der Waals surface area (Å²) in [5, 5.41) is 5.00. The minimum Gasteiger partial charge on any atom is -0.369 e. The third-order valence-corrected chi connectivity index (χ3v) is 7.64. The minimum atomic E-state index is -0.323. The lowest BCUT2D eigenvalue weighted by atomic mass is 9.95. The Balaban J connectivity index is 1.42. The average molecular weight is 473 g/mol. The molecule has 6 nitrogen and oxygen atoms in total. The molecule has 3 heterocycles. The number of carbonyl (C=O) groups excluding carboxylic acids is 2. The van der Waals surface area contributed by atoms with Crippen molar-refractivity contribution < 1.29 is 14.0 Å². The van der Waals surface area contributed by atoms with Gasteiger partial charge in [-0.15, -0.1) is 11.3 Å². The van der Waals surface area contributed by atoms with Gasteiger partial charge in [0.15, 0.2) is 0 Å². The van der Waals surface area contributed by atoms with E-state index in [1.54, 1.807) is 11.0 Å². The molecule has 0 aliphatic carbocycles. The number of nitrogens with one attached hydrogen (secondary N) is 1. The zero-order valence-electron chi connectivity index (χ0n) is 19.4. The smallest absolute Gasteiger partial charge is 0.263 e. The number of benzene rings is 1. The number of likely N-dealkylation sites (N-methyl/N-ethyl adjacent to an activating group) is 1. The van der Waals surface area contributed by atoms with Crippen molar-refractivity contribution in [2.45, 2.75) is 32.7 Å². The second kappa shape index (κ2) is 10.7. The van der Waals surface area contributed by atoms with Crippen LogP contribution in [0.3, 0.4) is 0 Å². The van der Waals surface area contributed by atoms with Gasteiger partial charge in [-0.3, -0.25) is 9.59 Å². The van der Waals surface area contributed by atoms with Crippen LogP contribution in [0.5, 0.6) is 0 Å². The second-order valence-electron chi connectivity index (χ2n) is 8.92. The van der Waals surface area contributed by atoms with E-state index in [2.05, 4.69) is 22.0 Å². The van der Waals surface area contributed by atoms with E-state index in [0.717, 1.165) is 56.8 Å². The molecule has 0 radical (unpaired) electrons. The summed E-state index contributed by atoms with van der Waals surface area (Å²) < 4.78 is 14.2. The van der Waals surface area contributed by atoms with Crippen LogP contribution in [-0.4, -0.2) is 67.4 Å². The van der Waals surface area contributed by atoms with Crippen molar-refractivity contribution in [1.82, 2.24) is 15.1 Å². The van der Waals surface area contributed by atoms with Crippen molar-refractivity contribution >= 4 is 28.8 Å². The van der Waals surface area contributed by atoms with Crippen LogP contribution >= 0.6 is 11.3 Å². The minimum absolute atomic E-state index is 0.00538. The number of thiophene rings is 1. The summed E-state index contributed by atoms with van der Waals surface area (Å²) in [5.74, 6) is -0.631. The molecule has 8 heteroatoms. The van der Waals surface area contributed by atoms with Crippen LogP contribution in [0.15, 0.2) is 35.7 Å². The average Bonchev–Trinajstić information content (AvgIpc) is 3.38. The fourth-order valence-electron chi connectivity index (χ4n) is 4.81. The van der Waals surface area contributed by atoms with Gasteiger partial charge in [-0.25, -0.2) is 4.39 Å². The normalized spacial score (nSPS) is 20.5. The molecule has 2 unspecified atom stereocenters. The molecule has 1 aromatic heterocycles. The molecule has 2 fully saturated rings. The van der Waals surface area contributed by atoms with E-state index in [0.29, 0.717) is 18.0 Å². The molecule has 4 rings (SSSR count). The molecule has 2 aliphatic heterocycles. The van der Waals surface area contributed by atoms with E-state index in [1.807, 2.05) is 30.5 Å². The Morgan fingerprint density at radius 2 is 1.97 bits per heavy atom. The number of anilines is 1. The third kappa shape index (κ3) is 5.55. The number of piperazine rings is 1. The lowest BCUT2D eigenvalue weighted by Crippen LogP contribution is -2.47. The number of hydrogen-bond acceptors (Lipinski definition) is 5. The topological polar surface area (TPSA) is 55.9 Å². The predicted molar refractivity (Wildman–Crippen MR) is 130 cm³/mol. The van der Waals surface area contributed by atoms with E-state index in [1.165, 1.54) is 17.4 Å². The highest BCUT2D eigenvalue weighted by atomic mass is 32.1. The van der Waals surface area contributed by atoms with Gasteiger partial charge in [0.25, 0.3) is 5.91 Å². The van der Waals surface area contributed by atoms with Gasteiger partial charge in [0.2, 0.25) is 5.91 Å². The number of carbonyl (C=O) groups is 2. The van der Waals surface area contributed by atoms with E-state index in [4.69, 9.17) is 0 Å². The van der Waals surface area contributed by atoms with Gasteiger partial charge in [-0.05, 0) is 56.0 Å². The molecule has 2 amide bonds. The summed E-state index contributed by atoms with van der Waals surface area (Å²) in [6.45, 7) is 9.93. The van der Waals surface area contributed by atoms with Gasteiger partial charge in [-0.1, -0.05) is 13.0 Å². The van der Waals surface area contributed by atoms with Gasteiger partial charge in [0, 0.05) is 50.5 Å². The number of piperidine rings is 1. The summed E-state index contributed by atoms with van der Waals surface area (Å²) in [6.07, 6.45) is 1.55. The maximum atomic E-state index is 14.2. The van der Waals surface area contributed by atoms with E-state index >= 15 is 0 Å². The molecule has 2 atom stereocenters. The quantitative estimate of drug-likeness (QED) is 0.696. The molecule has 1 N–H and O–H groups in total. The molecule has 178 valence electrons. The molecule has 2 aliphatic rings. The largest absolute Gasteiger partial charge is 0.369 e. The lowest BCUT2D eigenvalue weighted by Gasteiger charge is -2.37. The third-order valence-electron chi connectivity index (χ3n) is 6.79. The number of halogens is 1. The highest BCUT2D eigenvalue weighted by Gasteiger charge is 2.30. The fourth-order valence-corrected chi connectivity index (χ4v) is 5.50. The van der Waals surface area contributed by atoms with E-state index in [9.17, 15) is 14.0 Å². The summed E-state index contributed by atoms with van der Waals surface area (Å²) in [4.78, 5) is 33.0. The zero-order valence-corrected chi connectivity index (χ0v) is 20.2. The van der Waals surface area contributed by atoms with Crippen LogP contribution < -0.4 is 10.2 Å². The molecule has 1 aromatic carbocycles. The van der Waals surface area contributed by atoms with E-state index in [-0.39, 0.29) is 29.6 Å². The molecule has 2 aromatic rings. The Hall–Kier alpha value is -2.45. The first-order chi connectivity index (χ1) is 16.0. The lowest BCUT2D eigenvalue weighted by molar-refractivity contribution is -0.127. The van der Waals surface area contributed by atoms with Crippen molar-refractivity contribution in [3.05, 3.63) is 52.0 Å². The first kappa shape index (κ1) is 23.7. The Morgan fingerprint density at radius 1 is 1.18 bits per heavy atom. The highest BCUT2D eigenvalue weighted by molar-refractivity contribution is 7.12. The molecule has 2 saturated heterocycles. The molecular weight excluding hydrogens is 439 g/mol.